The van der Waals surface area contributed by atoms with Gasteiger partial charge in [0, 0.05) is 34.3 Å². The predicted octanol–water partition coefficient (Wildman–Crippen LogP) is 5.96. The van der Waals surface area contributed by atoms with Crippen LogP contribution in [-0.2, 0) is 4.74 Å². The molecule has 0 bridgehead atoms. The summed E-state index contributed by atoms with van der Waals surface area (Å²) in [4.78, 5) is 35.1. The van der Waals surface area contributed by atoms with Gasteiger partial charge in [0.2, 0.25) is 0 Å². The zero-order valence-corrected chi connectivity index (χ0v) is 18.9. The van der Waals surface area contributed by atoms with Crippen LogP contribution in [0.25, 0.3) is 0 Å². The molecule has 0 aromatic heterocycles. The minimum atomic E-state index is -0.500. The van der Waals surface area contributed by atoms with Gasteiger partial charge in [-0.25, -0.2) is 4.79 Å². The van der Waals surface area contributed by atoms with Gasteiger partial charge >= 0.3 is 5.97 Å². The lowest BCUT2D eigenvalue weighted by atomic mass is 9.97. The second kappa shape index (κ2) is 10.7. The quantitative estimate of drug-likeness (QED) is 0.170. The fourth-order valence-corrected chi connectivity index (χ4v) is 3.40. The maximum atomic E-state index is 12.9. The smallest absolute Gasteiger partial charge is 0.338 e. The third-order valence-corrected chi connectivity index (χ3v) is 5.33. The maximum absolute atomic E-state index is 12.9. The SMILES string of the molecule is CCOC(=O)c1ccc(N[C@H](CC(=O)c2ccc([N+](=O)[O-])cc2)c2ccc(Br)cc2)cc1. The van der Waals surface area contributed by atoms with E-state index in [0.29, 0.717) is 17.7 Å². The van der Waals surface area contributed by atoms with E-state index >= 15 is 0 Å². The third-order valence-electron chi connectivity index (χ3n) is 4.80. The normalized spacial score (nSPS) is 11.4. The maximum Gasteiger partial charge on any atom is 0.338 e. The van der Waals surface area contributed by atoms with Crippen LogP contribution < -0.4 is 5.32 Å². The average Bonchev–Trinajstić information content (AvgIpc) is 2.80. The molecule has 7 nitrogen and oxygen atoms in total. The number of nitrogens with one attached hydrogen (secondary N) is 1. The van der Waals surface area contributed by atoms with Gasteiger partial charge in [0.25, 0.3) is 5.69 Å². The van der Waals surface area contributed by atoms with E-state index in [2.05, 4.69) is 21.2 Å². The Kier molecular flexibility index (Phi) is 7.72. The minimum absolute atomic E-state index is 0.0641. The Balaban J connectivity index is 1.81. The zero-order chi connectivity index (χ0) is 23.1. The third kappa shape index (κ3) is 6.01. The number of benzene rings is 3. The summed E-state index contributed by atoms with van der Waals surface area (Å²) in [5.41, 5.74) is 2.42. The van der Waals surface area contributed by atoms with Gasteiger partial charge in [0.1, 0.15) is 0 Å². The standard InChI is InChI=1S/C24H21BrN2O5/c1-2-32-24(29)18-5-11-20(12-6-18)26-22(16-3-9-19(25)10-4-16)15-23(28)17-7-13-21(14-8-17)27(30)31/h3-14,22,26H,2,15H2,1H3/t22-/m1/s1. The molecule has 1 N–H and O–H groups in total. The van der Waals surface area contributed by atoms with Crippen LogP contribution in [0.15, 0.2) is 77.3 Å². The molecule has 0 heterocycles. The number of nitro benzene ring substituents is 1. The van der Waals surface area contributed by atoms with Crippen molar-refractivity contribution >= 4 is 39.1 Å². The summed E-state index contributed by atoms with van der Waals surface area (Å²) in [6.07, 6.45) is 0.138. The molecule has 3 aromatic rings. The van der Waals surface area contributed by atoms with Crippen molar-refractivity contribution in [2.75, 3.05) is 11.9 Å². The van der Waals surface area contributed by atoms with E-state index in [1.54, 1.807) is 31.2 Å². The molecule has 0 aliphatic rings. The molecular weight excluding hydrogens is 476 g/mol. The van der Waals surface area contributed by atoms with Crippen LogP contribution in [-0.4, -0.2) is 23.3 Å². The Morgan fingerprint density at radius 2 is 1.56 bits per heavy atom. The summed E-state index contributed by atoms with van der Waals surface area (Å²) in [5.74, 6) is -0.541. The number of esters is 1. The topological polar surface area (TPSA) is 98.5 Å². The summed E-state index contributed by atoms with van der Waals surface area (Å²) >= 11 is 3.42. The van der Waals surface area contributed by atoms with Gasteiger partial charge in [-0.05, 0) is 61.0 Å². The van der Waals surface area contributed by atoms with Gasteiger partial charge in [0.15, 0.2) is 5.78 Å². The van der Waals surface area contributed by atoms with E-state index in [1.807, 2.05) is 24.3 Å². The Bertz CT molecular complexity index is 1100. The molecule has 3 rings (SSSR count). The number of carbonyl (C=O) groups is 2. The lowest BCUT2D eigenvalue weighted by Gasteiger charge is -2.20. The van der Waals surface area contributed by atoms with Crippen LogP contribution in [0.5, 0.6) is 0 Å². The first-order chi connectivity index (χ1) is 15.4. The number of halogens is 1. The number of nitrogens with zero attached hydrogens (tertiary/aromatic N) is 1. The summed E-state index contributed by atoms with van der Waals surface area (Å²) in [7, 11) is 0. The number of hydrogen-bond acceptors (Lipinski definition) is 6. The first-order valence-electron chi connectivity index (χ1n) is 9.94. The second-order valence-corrected chi connectivity index (χ2v) is 7.89. The number of rotatable bonds is 9. The average molecular weight is 497 g/mol. The van der Waals surface area contributed by atoms with E-state index < -0.39 is 10.9 Å². The summed E-state index contributed by atoms with van der Waals surface area (Å²) in [6.45, 7) is 2.05. The number of hydrogen-bond donors (Lipinski definition) is 1. The molecule has 0 aliphatic carbocycles. The number of non-ortho nitro benzene ring substituents is 1. The van der Waals surface area contributed by atoms with Gasteiger partial charge in [0.05, 0.1) is 23.1 Å². The molecule has 0 aliphatic heterocycles. The van der Waals surface area contributed by atoms with Crippen LogP contribution in [0.4, 0.5) is 11.4 Å². The van der Waals surface area contributed by atoms with Crippen molar-refractivity contribution in [1.82, 2.24) is 0 Å². The van der Waals surface area contributed by atoms with Crippen molar-refractivity contribution in [1.29, 1.82) is 0 Å². The molecule has 32 heavy (non-hydrogen) atoms. The van der Waals surface area contributed by atoms with Gasteiger partial charge < -0.3 is 10.1 Å². The molecule has 0 amide bonds. The van der Waals surface area contributed by atoms with E-state index in [1.165, 1.54) is 24.3 Å². The summed E-state index contributed by atoms with van der Waals surface area (Å²) < 4.78 is 5.92. The van der Waals surface area contributed by atoms with Crippen molar-refractivity contribution in [3.05, 3.63) is 104 Å². The lowest BCUT2D eigenvalue weighted by molar-refractivity contribution is -0.384. The van der Waals surface area contributed by atoms with Crippen molar-refractivity contribution in [3.63, 3.8) is 0 Å². The highest BCUT2D eigenvalue weighted by molar-refractivity contribution is 9.10. The molecular formula is C24H21BrN2O5. The van der Waals surface area contributed by atoms with Crippen molar-refractivity contribution in [3.8, 4) is 0 Å². The molecule has 8 heteroatoms. The highest BCUT2D eigenvalue weighted by Gasteiger charge is 2.19. The van der Waals surface area contributed by atoms with Gasteiger partial charge in [-0.1, -0.05) is 28.1 Å². The molecule has 0 radical (unpaired) electrons. The van der Waals surface area contributed by atoms with E-state index in [9.17, 15) is 19.7 Å². The van der Waals surface area contributed by atoms with E-state index in [0.717, 1.165) is 15.7 Å². The van der Waals surface area contributed by atoms with E-state index in [-0.39, 0.29) is 23.9 Å². The van der Waals surface area contributed by atoms with Crippen molar-refractivity contribution < 1.29 is 19.2 Å². The number of anilines is 1. The molecule has 0 saturated heterocycles. The molecule has 3 aromatic carbocycles. The minimum Gasteiger partial charge on any atom is -0.462 e. The lowest BCUT2D eigenvalue weighted by Crippen LogP contribution is -2.16. The highest BCUT2D eigenvalue weighted by Crippen LogP contribution is 2.27. The largest absolute Gasteiger partial charge is 0.462 e. The number of ether oxygens (including phenoxy) is 1. The Labute approximate surface area is 193 Å². The van der Waals surface area contributed by atoms with Crippen molar-refractivity contribution in [2.24, 2.45) is 0 Å². The molecule has 0 unspecified atom stereocenters. The molecule has 1 atom stereocenters. The summed E-state index contributed by atoms with van der Waals surface area (Å²) in [6, 6.07) is 19.7. The van der Waals surface area contributed by atoms with Gasteiger partial charge in [-0.2, -0.15) is 0 Å². The molecule has 0 spiro atoms. The van der Waals surface area contributed by atoms with Gasteiger partial charge in [-0.3, -0.25) is 14.9 Å². The Morgan fingerprint density at radius 3 is 2.12 bits per heavy atom. The number of nitro groups is 1. The highest BCUT2D eigenvalue weighted by atomic mass is 79.9. The fourth-order valence-electron chi connectivity index (χ4n) is 3.14. The summed E-state index contributed by atoms with van der Waals surface area (Å²) in [5, 5.41) is 14.2. The number of ketones is 1. The number of Topliss-reactive ketones (excluding diaryl/α,β-unsaturated/α-hetero) is 1. The molecule has 0 saturated carbocycles. The van der Waals surface area contributed by atoms with E-state index in [4.69, 9.17) is 4.74 Å². The fraction of sp³-hybridized carbons (Fsp3) is 0.167. The zero-order valence-electron chi connectivity index (χ0n) is 17.3. The first kappa shape index (κ1) is 23.1. The second-order valence-electron chi connectivity index (χ2n) is 6.98. The monoisotopic (exact) mass is 496 g/mol. The first-order valence-corrected chi connectivity index (χ1v) is 10.7. The van der Waals surface area contributed by atoms with Crippen molar-refractivity contribution in [2.45, 2.75) is 19.4 Å². The van der Waals surface area contributed by atoms with Crippen LogP contribution in [0.3, 0.4) is 0 Å². The van der Waals surface area contributed by atoms with Crippen LogP contribution >= 0.6 is 15.9 Å². The Morgan fingerprint density at radius 1 is 0.969 bits per heavy atom. The Hall–Kier alpha value is -3.52. The molecule has 164 valence electrons. The molecule has 0 fully saturated rings. The number of carbonyl (C=O) groups excluding carboxylic acids is 2. The van der Waals surface area contributed by atoms with Crippen LogP contribution in [0, 0.1) is 10.1 Å². The van der Waals surface area contributed by atoms with Crippen LogP contribution in [0.1, 0.15) is 45.7 Å². The predicted molar refractivity (Wildman–Crippen MR) is 125 cm³/mol. The van der Waals surface area contributed by atoms with Crippen LogP contribution in [0.2, 0.25) is 0 Å². The van der Waals surface area contributed by atoms with Gasteiger partial charge in [-0.15, -0.1) is 0 Å².